The van der Waals surface area contributed by atoms with Crippen LogP contribution in [0.5, 0.6) is 5.75 Å². The zero-order chi connectivity index (χ0) is 14.9. The smallest absolute Gasteiger partial charge is 0.230 e. The van der Waals surface area contributed by atoms with Crippen LogP contribution in [0.25, 0.3) is 0 Å². The molecule has 0 amide bonds. The highest BCUT2D eigenvalue weighted by molar-refractivity contribution is 5.33. The van der Waals surface area contributed by atoms with Crippen molar-refractivity contribution in [2.24, 2.45) is 5.73 Å². The molecule has 1 aromatic carbocycles. The molecule has 1 aromatic heterocycles. The highest BCUT2D eigenvalue weighted by Crippen LogP contribution is 2.36. The van der Waals surface area contributed by atoms with Crippen molar-refractivity contribution in [3.05, 3.63) is 41.0 Å². The highest BCUT2D eigenvalue weighted by Gasteiger charge is 2.38. The molecule has 0 saturated heterocycles. The number of ether oxygens (including phenoxy) is 1. The van der Waals surface area contributed by atoms with E-state index in [2.05, 4.69) is 30.1 Å². The molecule has 2 aromatic rings. The molecular weight excluding hydrogens is 266 g/mol. The van der Waals surface area contributed by atoms with Crippen LogP contribution >= 0.6 is 0 Å². The summed E-state index contributed by atoms with van der Waals surface area (Å²) in [5.74, 6) is 2.09. The van der Waals surface area contributed by atoms with Gasteiger partial charge in [0, 0.05) is 0 Å². The quantitative estimate of drug-likeness (QED) is 0.915. The molecule has 0 radical (unpaired) electrons. The van der Waals surface area contributed by atoms with Crippen LogP contribution in [-0.4, -0.2) is 16.7 Å². The van der Waals surface area contributed by atoms with E-state index in [0.717, 1.165) is 25.0 Å². The largest absolute Gasteiger partial charge is 0.493 e. The molecule has 1 heterocycles. The third kappa shape index (κ3) is 2.93. The van der Waals surface area contributed by atoms with Gasteiger partial charge in [0.1, 0.15) is 5.75 Å². The Morgan fingerprint density at radius 3 is 2.76 bits per heavy atom. The summed E-state index contributed by atoms with van der Waals surface area (Å²) in [6.45, 7) is 4.68. The Balaban J connectivity index is 1.54. The predicted octanol–water partition coefficient (Wildman–Crippen LogP) is 2.65. The summed E-state index contributed by atoms with van der Waals surface area (Å²) in [5, 5.41) is 3.99. The molecule has 1 aliphatic rings. The second kappa shape index (κ2) is 5.48. The molecule has 5 heteroatoms. The van der Waals surface area contributed by atoms with Gasteiger partial charge in [-0.1, -0.05) is 11.2 Å². The number of rotatable bonds is 5. The first-order valence-electron chi connectivity index (χ1n) is 7.39. The summed E-state index contributed by atoms with van der Waals surface area (Å²) < 4.78 is 11.0. The van der Waals surface area contributed by atoms with Gasteiger partial charge in [0.2, 0.25) is 5.89 Å². The van der Waals surface area contributed by atoms with Gasteiger partial charge in [-0.25, -0.2) is 0 Å². The molecule has 0 aliphatic heterocycles. The van der Waals surface area contributed by atoms with Gasteiger partial charge < -0.3 is 15.0 Å². The molecule has 0 spiro atoms. The monoisotopic (exact) mass is 287 g/mol. The van der Waals surface area contributed by atoms with Crippen LogP contribution in [0.1, 0.15) is 42.1 Å². The molecule has 112 valence electrons. The first-order valence-corrected chi connectivity index (χ1v) is 7.39. The van der Waals surface area contributed by atoms with Crippen molar-refractivity contribution in [3.63, 3.8) is 0 Å². The highest BCUT2D eigenvalue weighted by atomic mass is 16.5. The molecule has 0 atom stereocenters. The fourth-order valence-electron chi connectivity index (χ4n) is 2.40. The van der Waals surface area contributed by atoms with E-state index in [9.17, 15) is 0 Å². The van der Waals surface area contributed by atoms with Crippen molar-refractivity contribution in [2.75, 3.05) is 6.61 Å². The van der Waals surface area contributed by atoms with E-state index in [-0.39, 0.29) is 5.54 Å². The second-order valence-corrected chi connectivity index (χ2v) is 5.87. The van der Waals surface area contributed by atoms with Crippen molar-refractivity contribution in [1.82, 2.24) is 10.1 Å². The molecule has 5 nitrogen and oxygen atoms in total. The molecule has 1 fully saturated rings. The first kappa shape index (κ1) is 14.1. The second-order valence-electron chi connectivity index (χ2n) is 5.87. The van der Waals surface area contributed by atoms with Crippen molar-refractivity contribution in [3.8, 4) is 5.75 Å². The van der Waals surface area contributed by atoms with Crippen LogP contribution in [0.2, 0.25) is 0 Å². The summed E-state index contributed by atoms with van der Waals surface area (Å²) in [6, 6.07) is 6.08. The first-order chi connectivity index (χ1) is 10.1. The van der Waals surface area contributed by atoms with E-state index in [1.165, 1.54) is 11.1 Å². The summed E-state index contributed by atoms with van der Waals surface area (Å²) in [5.41, 5.74) is 8.29. The van der Waals surface area contributed by atoms with Crippen LogP contribution in [-0.2, 0) is 12.0 Å². The topological polar surface area (TPSA) is 74.2 Å². The van der Waals surface area contributed by atoms with E-state index < -0.39 is 0 Å². The zero-order valence-corrected chi connectivity index (χ0v) is 12.6. The van der Waals surface area contributed by atoms with Crippen LogP contribution in [0.4, 0.5) is 0 Å². The molecule has 0 bridgehead atoms. The van der Waals surface area contributed by atoms with Gasteiger partial charge in [0.05, 0.1) is 18.6 Å². The lowest BCUT2D eigenvalue weighted by Gasteiger charge is -2.34. The number of aryl methyl sites for hydroxylation is 2. The minimum atomic E-state index is -0.364. The number of hydrogen-bond donors (Lipinski definition) is 1. The average Bonchev–Trinajstić information content (AvgIpc) is 2.89. The number of nitrogens with two attached hydrogens (primary N) is 1. The van der Waals surface area contributed by atoms with Gasteiger partial charge in [-0.3, -0.25) is 0 Å². The van der Waals surface area contributed by atoms with Gasteiger partial charge in [-0.15, -0.1) is 0 Å². The average molecular weight is 287 g/mol. The van der Waals surface area contributed by atoms with Crippen LogP contribution < -0.4 is 10.5 Å². The Labute approximate surface area is 124 Å². The van der Waals surface area contributed by atoms with Crippen LogP contribution in [0, 0.1) is 13.8 Å². The number of aromatic nitrogens is 2. The maximum Gasteiger partial charge on any atom is 0.230 e. The van der Waals surface area contributed by atoms with E-state index in [0.29, 0.717) is 24.7 Å². The third-order valence-corrected chi connectivity index (χ3v) is 4.22. The van der Waals surface area contributed by atoms with Crippen molar-refractivity contribution < 1.29 is 9.26 Å². The summed E-state index contributed by atoms with van der Waals surface area (Å²) in [7, 11) is 0. The van der Waals surface area contributed by atoms with E-state index in [1.54, 1.807) is 0 Å². The van der Waals surface area contributed by atoms with Gasteiger partial charge in [-0.05, 0) is 56.4 Å². The van der Waals surface area contributed by atoms with Crippen molar-refractivity contribution in [1.29, 1.82) is 0 Å². The molecule has 3 rings (SSSR count). The fraction of sp³-hybridized carbons (Fsp3) is 0.500. The number of benzene rings is 1. The minimum absolute atomic E-state index is 0.364. The predicted molar refractivity (Wildman–Crippen MR) is 79.1 cm³/mol. The molecule has 1 aliphatic carbocycles. The molecule has 2 N–H and O–H groups in total. The molecule has 1 saturated carbocycles. The SMILES string of the molecule is Cc1ccc(OCCc2nc(C3(N)CCC3)no2)cc1C. The van der Waals surface area contributed by atoms with E-state index in [1.807, 2.05) is 12.1 Å². The Bertz CT molecular complexity index is 632. The lowest BCUT2D eigenvalue weighted by Crippen LogP contribution is -2.44. The Morgan fingerprint density at radius 1 is 1.29 bits per heavy atom. The number of nitrogens with zero attached hydrogens (tertiary/aromatic N) is 2. The maximum absolute atomic E-state index is 6.17. The Kier molecular flexibility index (Phi) is 3.68. The van der Waals surface area contributed by atoms with Crippen molar-refractivity contribution in [2.45, 2.75) is 45.1 Å². The fourth-order valence-corrected chi connectivity index (χ4v) is 2.40. The van der Waals surface area contributed by atoms with E-state index >= 15 is 0 Å². The number of hydrogen-bond acceptors (Lipinski definition) is 5. The minimum Gasteiger partial charge on any atom is -0.493 e. The third-order valence-electron chi connectivity index (χ3n) is 4.22. The zero-order valence-electron chi connectivity index (χ0n) is 12.6. The van der Waals surface area contributed by atoms with Gasteiger partial charge in [-0.2, -0.15) is 4.98 Å². The normalized spacial score (nSPS) is 16.5. The van der Waals surface area contributed by atoms with Gasteiger partial charge >= 0.3 is 0 Å². The lowest BCUT2D eigenvalue weighted by atomic mass is 9.77. The van der Waals surface area contributed by atoms with Crippen LogP contribution in [0.3, 0.4) is 0 Å². The maximum atomic E-state index is 6.17. The standard InChI is InChI=1S/C16H21N3O2/c1-11-4-5-13(10-12(11)2)20-9-6-14-18-15(19-21-14)16(17)7-3-8-16/h4-5,10H,3,6-9,17H2,1-2H3. The van der Waals surface area contributed by atoms with Crippen molar-refractivity contribution >= 4 is 0 Å². The summed E-state index contributed by atoms with van der Waals surface area (Å²) in [6.07, 6.45) is 3.60. The Hall–Kier alpha value is -1.88. The summed E-state index contributed by atoms with van der Waals surface area (Å²) in [4.78, 5) is 4.38. The van der Waals surface area contributed by atoms with Gasteiger partial charge in [0.15, 0.2) is 5.82 Å². The lowest BCUT2D eigenvalue weighted by molar-refractivity contribution is 0.228. The molecule has 21 heavy (non-hydrogen) atoms. The summed E-state index contributed by atoms with van der Waals surface area (Å²) >= 11 is 0. The molecular formula is C16H21N3O2. The van der Waals surface area contributed by atoms with E-state index in [4.69, 9.17) is 15.0 Å². The van der Waals surface area contributed by atoms with Gasteiger partial charge in [0.25, 0.3) is 0 Å². The Morgan fingerprint density at radius 2 is 2.10 bits per heavy atom. The molecule has 0 unspecified atom stereocenters. The van der Waals surface area contributed by atoms with Crippen LogP contribution in [0.15, 0.2) is 22.7 Å².